The molecule has 2 aromatic rings. The summed E-state index contributed by atoms with van der Waals surface area (Å²) in [5, 5.41) is 5.90. The first-order valence-corrected chi connectivity index (χ1v) is 39.7. The van der Waals surface area contributed by atoms with E-state index in [2.05, 4.69) is 37.1 Å². The smallest absolute Gasteiger partial charge is 0.411 e. The second-order valence-electron chi connectivity index (χ2n) is 33.9. The van der Waals surface area contributed by atoms with Crippen LogP contribution in [-0.2, 0) is 57.4 Å². The van der Waals surface area contributed by atoms with Gasteiger partial charge in [-0.2, -0.15) is 0 Å². The van der Waals surface area contributed by atoms with Crippen LogP contribution in [0.1, 0.15) is 258 Å². The van der Waals surface area contributed by atoms with Gasteiger partial charge in [0.2, 0.25) is 17.6 Å². The third-order valence-electron chi connectivity index (χ3n) is 22.8. The monoisotopic (exact) mass is 1490 g/mol. The van der Waals surface area contributed by atoms with Crippen LogP contribution in [0.25, 0.3) is 0 Å². The highest BCUT2D eigenvalue weighted by Crippen LogP contribution is 2.48. The molecule has 0 radical (unpaired) electrons. The van der Waals surface area contributed by atoms with Crippen molar-refractivity contribution in [2.75, 3.05) is 26.7 Å². The van der Waals surface area contributed by atoms with Gasteiger partial charge in [-0.05, 0) is 185 Å². The number of methoxy groups -OCH3 is 1. The first-order valence-electron chi connectivity index (χ1n) is 39.7. The van der Waals surface area contributed by atoms with Gasteiger partial charge in [0, 0.05) is 93.8 Å². The Hall–Kier alpha value is -7.73. The number of rotatable bonds is 30. The van der Waals surface area contributed by atoms with Crippen LogP contribution in [0.15, 0.2) is 49.8 Å². The van der Waals surface area contributed by atoms with E-state index < -0.39 is 88.8 Å². The van der Waals surface area contributed by atoms with Crippen molar-refractivity contribution < 1.29 is 76.4 Å². The Morgan fingerprint density at radius 1 is 0.551 bits per heavy atom. The van der Waals surface area contributed by atoms with Crippen LogP contribution in [0.4, 0.5) is 9.50 Å². The normalized spacial score (nSPS) is 23.3. The molecule has 0 bridgehead atoms. The van der Waals surface area contributed by atoms with Crippen molar-refractivity contribution in [3.8, 4) is 0 Å². The molecule has 2 N–H and O–H groups in total. The topological polar surface area (TPSA) is 318 Å². The van der Waals surface area contributed by atoms with Gasteiger partial charge in [0.05, 0.1) is 37.6 Å². The molecule has 0 spiro atoms. The van der Waals surface area contributed by atoms with Gasteiger partial charge in [0.15, 0.2) is 23.1 Å². The van der Waals surface area contributed by atoms with Gasteiger partial charge < -0.3 is 34.6 Å². The number of hydrogen-bond donors (Lipinski definition) is 2. The Morgan fingerprint density at radius 2 is 1.00 bits per heavy atom. The summed E-state index contributed by atoms with van der Waals surface area (Å²) in [6.07, 6.45) is 29.1. The van der Waals surface area contributed by atoms with Crippen molar-refractivity contribution >= 4 is 70.6 Å². The zero-order valence-corrected chi connectivity index (χ0v) is 65.6. The van der Waals surface area contributed by atoms with E-state index in [-0.39, 0.29) is 124 Å². The molecule has 592 valence electrons. The second kappa shape index (κ2) is 39.6. The van der Waals surface area contributed by atoms with Gasteiger partial charge in [-0.15, -0.1) is 6.58 Å². The first kappa shape index (κ1) is 86.5. The predicted molar refractivity (Wildman–Crippen MR) is 399 cm³/mol. The van der Waals surface area contributed by atoms with E-state index in [0.29, 0.717) is 56.7 Å². The molecule has 5 heterocycles. The van der Waals surface area contributed by atoms with Crippen LogP contribution < -0.4 is 10.6 Å². The highest BCUT2D eigenvalue weighted by molar-refractivity contribution is 6.38. The number of nitrogens with one attached hydrogen (secondary N) is 2. The Bertz CT molecular complexity index is 3390. The average Bonchev–Trinajstić information content (AvgIpc) is 1.63. The van der Waals surface area contributed by atoms with E-state index in [1.54, 1.807) is 36.6 Å². The summed E-state index contributed by atoms with van der Waals surface area (Å²) in [4.78, 5) is 181. The number of carbonyl (C=O) groups is 12. The molecule has 3 saturated heterocycles. The lowest BCUT2D eigenvalue weighted by atomic mass is 9.79. The third kappa shape index (κ3) is 24.4. The fourth-order valence-corrected chi connectivity index (χ4v) is 16.7. The van der Waals surface area contributed by atoms with Crippen LogP contribution in [-0.4, -0.2) is 173 Å². The van der Waals surface area contributed by atoms with Gasteiger partial charge >= 0.3 is 18.0 Å². The molecule has 11 atom stereocenters. The summed E-state index contributed by atoms with van der Waals surface area (Å²) in [6, 6.07) is -3.30. The summed E-state index contributed by atoms with van der Waals surface area (Å²) in [5.74, 6) is -4.26. The van der Waals surface area contributed by atoms with Crippen molar-refractivity contribution in [3.63, 3.8) is 0 Å². The minimum atomic E-state index is -0.738. The summed E-state index contributed by atoms with van der Waals surface area (Å²) in [7, 11) is 1.31. The number of carbonyl (C=O) groups excluding carboxylic acids is 12. The summed E-state index contributed by atoms with van der Waals surface area (Å²) in [6.45, 7) is 25.7. The van der Waals surface area contributed by atoms with Crippen LogP contribution in [0.3, 0.4) is 0 Å². The van der Waals surface area contributed by atoms with Gasteiger partial charge in [0.25, 0.3) is 11.8 Å². The zero-order chi connectivity index (χ0) is 77.3. The van der Waals surface area contributed by atoms with E-state index in [4.69, 9.17) is 14.2 Å². The minimum absolute atomic E-state index is 0. The van der Waals surface area contributed by atoms with Crippen molar-refractivity contribution in [2.24, 2.45) is 76.9 Å². The van der Waals surface area contributed by atoms with Crippen LogP contribution in [0, 0.1) is 76.9 Å². The molecule has 0 unspecified atom stereocenters. The molecule has 2 aromatic heterocycles. The quantitative estimate of drug-likeness (QED) is 0.0318. The lowest BCUT2D eigenvalue weighted by molar-refractivity contribution is -0.166. The molecule has 24 nitrogen and oxygen atoms in total. The second-order valence-corrected chi connectivity index (χ2v) is 33.9. The van der Waals surface area contributed by atoms with Crippen molar-refractivity contribution in [3.05, 3.63) is 61.2 Å². The third-order valence-corrected chi connectivity index (χ3v) is 22.8. The number of likely N-dealkylation sites (tertiary alicyclic amines) is 3. The molecule has 8 aliphatic rings. The molecule has 8 fully saturated rings. The number of ether oxygens (including phenoxy) is 3. The standard InChI is InChI=1S/C38H54N4O6.C31H46N4O5.C13H21NO4.FH/c1-4-8-27(36(46)33(45)19-24-11-12-24)20-32(44)35-28(25-13-14-25)15-18-42(35)38(48)29(23(2)3)21-31(43)34(26-9-6-5-7-10-26)41-37(47)30-22-39-16-17-40-30;1-19(2)23(29(38)35-16-13-22(20-11-12-20)27(35)30(39)40-31(3,4)5)17-25(36)26(21-9-7-6-8-10-21)34-28(37)24-18-32-14-15-33-24;1-6-9-7-8-14(10(9)11(15)17-5)12(16)18-13(2,3)4;/h16-17,22-29,34-35H,4-15,18-21H2,1-3H3,(H,41,47);14-15,18-23,26-27H,6-13,16-17H2,1-5H3,(H,34,37);6,9-10H,1,7-8H2,2-5H3;1H/t27-,28-,29+,34+,35+;22-,23+,26+,27+;9-,10-;/m110./s1. The number of halogens is 1. The largest absolute Gasteiger partial charge is 0.467 e. The molecule has 0 aromatic carbocycles. The Morgan fingerprint density at radius 3 is 1.39 bits per heavy atom. The van der Waals surface area contributed by atoms with Gasteiger partial charge in [-0.3, -0.25) is 62.7 Å². The molecular weight excluding hydrogens is 1370 g/mol. The number of Topliss-reactive ketones (excluding diaryl/α,β-unsaturated/α-hetero) is 5. The highest BCUT2D eigenvalue weighted by Gasteiger charge is 2.53. The fourth-order valence-electron chi connectivity index (χ4n) is 16.7. The van der Waals surface area contributed by atoms with Crippen LogP contribution in [0.5, 0.6) is 0 Å². The predicted octanol–water partition coefficient (Wildman–Crippen LogP) is 11.8. The van der Waals surface area contributed by atoms with Gasteiger partial charge in [-0.1, -0.05) is 85.6 Å². The fraction of sp³-hybridized carbons (Fsp3) is 0.732. The lowest BCUT2D eigenvalue weighted by Crippen LogP contribution is -2.51. The van der Waals surface area contributed by atoms with E-state index in [1.807, 2.05) is 55.4 Å². The Labute approximate surface area is 632 Å². The number of amides is 5. The van der Waals surface area contributed by atoms with Gasteiger partial charge in [-0.25, -0.2) is 24.4 Å². The van der Waals surface area contributed by atoms with Crippen LogP contribution >= 0.6 is 0 Å². The minimum Gasteiger partial charge on any atom is -0.467 e. The summed E-state index contributed by atoms with van der Waals surface area (Å²) >= 11 is 0. The summed E-state index contributed by atoms with van der Waals surface area (Å²) < 4.78 is 15.8. The molecule has 5 aliphatic carbocycles. The van der Waals surface area contributed by atoms with Gasteiger partial charge in [0.1, 0.15) is 34.7 Å². The van der Waals surface area contributed by atoms with Crippen LogP contribution in [0.2, 0.25) is 0 Å². The lowest BCUT2D eigenvalue weighted by Gasteiger charge is -2.34. The number of aromatic nitrogens is 4. The molecule has 3 aliphatic heterocycles. The van der Waals surface area contributed by atoms with E-state index in [9.17, 15) is 57.5 Å². The zero-order valence-electron chi connectivity index (χ0n) is 65.6. The maximum Gasteiger partial charge on any atom is 0.411 e. The molecule has 5 saturated carbocycles. The maximum absolute atomic E-state index is 14.4. The number of hydrogen-bond acceptors (Lipinski definition) is 19. The number of nitrogens with zero attached hydrogens (tertiary/aromatic N) is 7. The number of esters is 2. The SMILES string of the molecule is C=C[C@H]1CCN(C(=O)OC(C)(C)C)[C@@H]1C(=O)OC.CC(C)[C@H](CC(=O)[C@@H](NC(=O)c1cnccn1)C1CCCCC1)C(=O)N1CC[C@H](C2CC2)[C@H]1C(=O)OC(C)(C)C.CCC[C@H](CC(=O)[C@@H]1[C@@H](C2CC2)CCN1C(=O)[C@@H](CC(=O)[C@@H](NC(=O)c1cnccn1)C1CCCCC1)C(C)C)C(=O)C(=O)CC1CC1.F. The molecular formula is C82H122FN9O15. The maximum atomic E-state index is 14.4. The number of ketones is 5. The molecule has 5 amide bonds. The summed E-state index contributed by atoms with van der Waals surface area (Å²) in [5.41, 5.74) is -0.925. The van der Waals surface area contributed by atoms with E-state index in [0.717, 1.165) is 116 Å². The molecule has 10 rings (SSSR count). The highest BCUT2D eigenvalue weighted by atomic mass is 19.0. The Balaban J connectivity index is 0.000000244. The van der Waals surface area contributed by atoms with Crippen molar-refractivity contribution in [1.29, 1.82) is 0 Å². The molecule has 25 heteroatoms. The van der Waals surface area contributed by atoms with E-state index in [1.165, 1.54) is 49.2 Å². The van der Waals surface area contributed by atoms with Crippen molar-refractivity contribution in [1.82, 2.24) is 45.3 Å². The van der Waals surface area contributed by atoms with Crippen molar-refractivity contribution in [2.45, 2.75) is 278 Å². The van der Waals surface area contributed by atoms with E-state index >= 15 is 0 Å². The Kier molecular flexibility index (Phi) is 32.0. The molecule has 107 heavy (non-hydrogen) atoms. The first-order chi connectivity index (χ1) is 50.3. The average molecular weight is 1490 g/mol.